The Kier molecular flexibility index (Phi) is 2.98. The molecule has 66 valence electrons. The van der Waals surface area contributed by atoms with E-state index in [1.807, 2.05) is 0 Å². The number of alkyl halides is 1. The maximum atomic E-state index is 10.5. The number of nitro groups is 1. The quantitative estimate of drug-likeness (QED) is 0.453. The average Bonchev–Trinajstić information content (AvgIpc) is 2.16. The summed E-state index contributed by atoms with van der Waals surface area (Å²) < 4.78 is 0. The Bertz CT molecular complexity index is 384. The van der Waals surface area contributed by atoms with Crippen LogP contribution in [0.5, 0.6) is 0 Å². The highest BCUT2D eigenvalue weighted by Gasteiger charge is 2.13. The summed E-state index contributed by atoms with van der Waals surface area (Å²) in [6, 6.07) is 6.30. The van der Waals surface area contributed by atoms with E-state index in [2.05, 4.69) is 15.9 Å². The standard InChI is InChI=1S/C8H5BrN2O2/c9-4-6-1-2-7(5-10)8(3-6)11(12)13/h1-3H,4H2. The van der Waals surface area contributed by atoms with E-state index in [4.69, 9.17) is 5.26 Å². The summed E-state index contributed by atoms with van der Waals surface area (Å²) in [6.07, 6.45) is 0. The van der Waals surface area contributed by atoms with Crippen molar-refractivity contribution < 1.29 is 4.92 Å². The number of nitrogens with zero attached hydrogens (tertiary/aromatic N) is 2. The SMILES string of the molecule is N#Cc1ccc(CBr)cc1[N+](=O)[O-]. The maximum Gasteiger partial charge on any atom is 0.287 e. The minimum absolute atomic E-state index is 0.0923. The van der Waals surface area contributed by atoms with Gasteiger partial charge in [0.05, 0.1) is 4.92 Å². The molecule has 1 aromatic carbocycles. The summed E-state index contributed by atoms with van der Waals surface area (Å²) in [4.78, 5) is 9.94. The van der Waals surface area contributed by atoms with Gasteiger partial charge in [-0.15, -0.1) is 0 Å². The second-order valence-electron chi connectivity index (χ2n) is 2.35. The molecule has 0 spiro atoms. The molecule has 0 atom stereocenters. The Morgan fingerprint density at radius 3 is 2.77 bits per heavy atom. The first-order valence-corrected chi connectivity index (χ1v) is 4.54. The van der Waals surface area contributed by atoms with E-state index in [1.54, 1.807) is 12.1 Å². The zero-order chi connectivity index (χ0) is 9.84. The molecule has 5 heteroatoms. The van der Waals surface area contributed by atoms with Crippen molar-refractivity contribution >= 4 is 21.6 Å². The molecule has 0 fully saturated rings. The molecular weight excluding hydrogens is 236 g/mol. The molecule has 0 bridgehead atoms. The van der Waals surface area contributed by atoms with Crippen LogP contribution in [0, 0.1) is 21.4 Å². The summed E-state index contributed by atoms with van der Waals surface area (Å²) in [5.41, 5.74) is 0.736. The van der Waals surface area contributed by atoms with Crippen molar-refractivity contribution in [3.63, 3.8) is 0 Å². The van der Waals surface area contributed by atoms with E-state index in [9.17, 15) is 10.1 Å². The molecule has 0 radical (unpaired) electrons. The molecular formula is C8H5BrN2O2. The fourth-order valence-corrected chi connectivity index (χ4v) is 1.25. The van der Waals surface area contributed by atoms with Gasteiger partial charge in [0, 0.05) is 11.4 Å². The van der Waals surface area contributed by atoms with Crippen molar-refractivity contribution in [2.45, 2.75) is 5.33 Å². The van der Waals surface area contributed by atoms with Crippen LogP contribution in [-0.2, 0) is 5.33 Å². The van der Waals surface area contributed by atoms with Gasteiger partial charge in [-0.1, -0.05) is 22.0 Å². The predicted octanol–water partition coefficient (Wildman–Crippen LogP) is 2.36. The van der Waals surface area contributed by atoms with E-state index >= 15 is 0 Å². The summed E-state index contributed by atoms with van der Waals surface area (Å²) in [5, 5.41) is 19.6. The van der Waals surface area contributed by atoms with Gasteiger partial charge in [0.15, 0.2) is 0 Å². The van der Waals surface area contributed by atoms with E-state index in [1.165, 1.54) is 12.1 Å². The number of nitriles is 1. The predicted molar refractivity (Wildman–Crippen MR) is 50.4 cm³/mol. The third-order valence-electron chi connectivity index (χ3n) is 1.53. The number of halogens is 1. The van der Waals surface area contributed by atoms with Crippen molar-refractivity contribution in [2.24, 2.45) is 0 Å². The highest BCUT2D eigenvalue weighted by Crippen LogP contribution is 2.20. The number of hydrogen-bond acceptors (Lipinski definition) is 3. The van der Waals surface area contributed by atoms with Gasteiger partial charge in [0.25, 0.3) is 5.69 Å². The van der Waals surface area contributed by atoms with Crippen molar-refractivity contribution in [3.05, 3.63) is 39.4 Å². The van der Waals surface area contributed by atoms with Crippen LogP contribution in [-0.4, -0.2) is 4.92 Å². The summed E-state index contributed by atoms with van der Waals surface area (Å²) in [6.45, 7) is 0. The molecule has 0 saturated heterocycles. The Balaban J connectivity index is 3.28. The maximum absolute atomic E-state index is 10.5. The largest absolute Gasteiger partial charge is 0.287 e. The lowest BCUT2D eigenvalue weighted by Gasteiger charge is -1.96. The first-order chi connectivity index (χ1) is 6.19. The van der Waals surface area contributed by atoms with Crippen LogP contribution in [0.2, 0.25) is 0 Å². The van der Waals surface area contributed by atoms with E-state index in [0.717, 1.165) is 5.56 Å². The topological polar surface area (TPSA) is 66.9 Å². The zero-order valence-corrected chi connectivity index (χ0v) is 8.11. The van der Waals surface area contributed by atoms with Crippen LogP contribution < -0.4 is 0 Å². The van der Waals surface area contributed by atoms with E-state index in [0.29, 0.717) is 5.33 Å². The second kappa shape index (κ2) is 4.01. The number of benzene rings is 1. The first-order valence-electron chi connectivity index (χ1n) is 3.42. The van der Waals surface area contributed by atoms with E-state index < -0.39 is 4.92 Å². The Labute approximate surface area is 83.1 Å². The molecule has 13 heavy (non-hydrogen) atoms. The molecule has 4 nitrogen and oxygen atoms in total. The molecule has 0 unspecified atom stereocenters. The third-order valence-corrected chi connectivity index (χ3v) is 2.18. The average molecular weight is 241 g/mol. The van der Waals surface area contributed by atoms with Crippen LogP contribution in [0.3, 0.4) is 0 Å². The first kappa shape index (κ1) is 9.68. The molecule has 0 heterocycles. The third kappa shape index (κ3) is 2.04. The Hall–Kier alpha value is -1.41. The van der Waals surface area contributed by atoms with Gasteiger partial charge in [0.1, 0.15) is 11.6 Å². The summed E-state index contributed by atoms with van der Waals surface area (Å²) in [7, 11) is 0. The van der Waals surface area contributed by atoms with Crippen molar-refractivity contribution in [2.75, 3.05) is 0 Å². The number of nitro benzene ring substituents is 1. The van der Waals surface area contributed by atoms with Crippen molar-refractivity contribution in [3.8, 4) is 6.07 Å². The van der Waals surface area contributed by atoms with Gasteiger partial charge in [-0.3, -0.25) is 10.1 Å². The van der Waals surface area contributed by atoms with Crippen LogP contribution in [0.1, 0.15) is 11.1 Å². The fraction of sp³-hybridized carbons (Fsp3) is 0.125. The van der Waals surface area contributed by atoms with Crippen LogP contribution in [0.25, 0.3) is 0 Å². The van der Waals surface area contributed by atoms with Crippen LogP contribution >= 0.6 is 15.9 Å². The molecule has 0 amide bonds. The highest BCUT2D eigenvalue weighted by molar-refractivity contribution is 9.08. The molecule has 1 rings (SSSR count). The number of hydrogen-bond donors (Lipinski definition) is 0. The minimum atomic E-state index is -0.551. The Morgan fingerprint density at radius 1 is 1.62 bits per heavy atom. The van der Waals surface area contributed by atoms with Gasteiger partial charge in [-0.25, -0.2) is 0 Å². The monoisotopic (exact) mass is 240 g/mol. The Morgan fingerprint density at radius 2 is 2.31 bits per heavy atom. The van der Waals surface area contributed by atoms with Crippen molar-refractivity contribution in [1.29, 1.82) is 5.26 Å². The van der Waals surface area contributed by atoms with Crippen LogP contribution in [0.4, 0.5) is 5.69 Å². The lowest BCUT2D eigenvalue weighted by molar-refractivity contribution is -0.385. The van der Waals surface area contributed by atoms with E-state index in [-0.39, 0.29) is 11.3 Å². The molecule has 0 aliphatic rings. The number of rotatable bonds is 2. The lowest BCUT2D eigenvalue weighted by atomic mass is 10.1. The van der Waals surface area contributed by atoms with Gasteiger partial charge in [-0.05, 0) is 11.6 Å². The summed E-state index contributed by atoms with van der Waals surface area (Å²) in [5.74, 6) is 0. The summed E-state index contributed by atoms with van der Waals surface area (Å²) >= 11 is 3.18. The minimum Gasteiger partial charge on any atom is -0.258 e. The lowest BCUT2D eigenvalue weighted by Crippen LogP contribution is -1.93. The normalized spacial score (nSPS) is 9.23. The molecule has 0 aliphatic carbocycles. The smallest absolute Gasteiger partial charge is 0.258 e. The highest BCUT2D eigenvalue weighted by atomic mass is 79.9. The molecule has 1 aromatic rings. The van der Waals surface area contributed by atoms with Crippen molar-refractivity contribution in [1.82, 2.24) is 0 Å². The fourth-order valence-electron chi connectivity index (χ4n) is 0.906. The zero-order valence-electron chi connectivity index (χ0n) is 6.53. The molecule has 0 aromatic heterocycles. The molecule has 0 saturated carbocycles. The second-order valence-corrected chi connectivity index (χ2v) is 2.91. The van der Waals surface area contributed by atoms with Gasteiger partial charge in [-0.2, -0.15) is 5.26 Å². The van der Waals surface area contributed by atoms with Gasteiger partial charge < -0.3 is 0 Å². The van der Waals surface area contributed by atoms with Crippen LogP contribution in [0.15, 0.2) is 18.2 Å². The molecule has 0 N–H and O–H groups in total. The van der Waals surface area contributed by atoms with Gasteiger partial charge >= 0.3 is 0 Å². The molecule has 0 aliphatic heterocycles. The van der Waals surface area contributed by atoms with Gasteiger partial charge in [0.2, 0.25) is 0 Å².